The van der Waals surface area contributed by atoms with E-state index < -0.39 is 23.8 Å². The Bertz CT molecular complexity index is 829. The van der Waals surface area contributed by atoms with E-state index in [0.29, 0.717) is 6.42 Å². The first-order valence-corrected chi connectivity index (χ1v) is 11.6. The molecule has 0 aliphatic carbocycles. The Morgan fingerprint density at radius 2 is 1.73 bits per heavy atom. The van der Waals surface area contributed by atoms with Crippen LogP contribution in [0.15, 0.2) is 36.9 Å². The lowest BCUT2D eigenvalue weighted by Crippen LogP contribution is -2.55. The second-order valence-electron chi connectivity index (χ2n) is 9.71. The van der Waals surface area contributed by atoms with E-state index in [-0.39, 0.29) is 30.3 Å². The molecular weight excluding hydrogens is 418 g/mol. The van der Waals surface area contributed by atoms with Gasteiger partial charge in [0.25, 0.3) is 0 Å². The van der Waals surface area contributed by atoms with Crippen LogP contribution in [0.1, 0.15) is 72.1 Å². The van der Waals surface area contributed by atoms with Crippen LogP contribution in [0.2, 0.25) is 0 Å². The van der Waals surface area contributed by atoms with Crippen LogP contribution >= 0.6 is 0 Å². The summed E-state index contributed by atoms with van der Waals surface area (Å²) in [4.78, 5) is 41.3. The summed E-state index contributed by atoms with van der Waals surface area (Å²) in [6.45, 7) is 18.7. The molecule has 184 valence electrons. The molecular formula is C26H41N3O4. The molecule has 7 heteroatoms. The van der Waals surface area contributed by atoms with Gasteiger partial charge in [0, 0.05) is 12.6 Å². The SMILES string of the molecule is C=CCN(C(=O)C(NC(=O)OC(C)(C)C)C(C)CC)C(C(=O)NC(C)C)c1ccccc1C. The number of carbonyl (C=O) groups is 3. The fourth-order valence-electron chi connectivity index (χ4n) is 3.47. The van der Waals surface area contributed by atoms with Crippen LogP contribution < -0.4 is 10.6 Å². The van der Waals surface area contributed by atoms with Gasteiger partial charge in [-0.3, -0.25) is 9.59 Å². The number of nitrogens with zero attached hydrogens (tertiary/aromatic N) is 1. The van der Waals surface area contributed by atoms with E-state index in [1.165, 1.54) is 4.90 Å². The predicted molar refractivity (Wildman–Crippen MR) is 132 cm³/mol. The Morgan fingerprint density at radius 1 is 1.12 bits per heavy atom. The van der Waals surface area contributed by atoms with Gasteiger partial charge in [0.1, 0.15) is 17.7 Å². The average molecular weight is 460 g/mol. The van der Waals surface area contributed by atoms with E-state index >= 15 is 0 Å². The van der Waals surface area contributed by atoms with Gasteiger partial charge in [0.05, 0.1) is 0 Å². The molecule has 3 atom stereocenters. The number of ether oxygens (including phenoxy) is 1. The summed E-state index contributed by atoms with van der Waals surface area (Å²) in [5, 5.41) is 5.68. The highest BCUT2D eigenvalue weighted by atomic mass is 16.6. The Balaban J connectivity index is 3.47. The molecule has 0 saturated carbocycles. The van der Waals surface area contributed by atoms with Gasteiger partial charge in [0.2, 0.25) is 11.8 Å². The van der Waals surface area contributed by atoms with Crippen molar-refractivity contribution in [3.63, 3.8) is 0 Å². The average Bonchev–Trinajstić information content (AvgIpc) is 2.70. The lowest BCUT2D eigenvalue weighted by atomic mass is 9.94. The lowest BCUT2D eigenvalue weighted by Gasteiger charge is -2.36. The molecule has 0 aromatic heterocycles. The van der Waals surface area contributed by atoms with Crippen LogP contribution in [-0.4, -0.2) is 47.0 Å². The van der Waals surface area contributed by atoms with Crippen LogP contribution in [0.3, 0.4) is 0 Å². The highest BCUT2D eigenvalue weighted by molar-refractivity contribution is 5.92. The molecule has 0 radical (unpaired) electrons. The van der Waals surface area contributed by atoms with Crippen LogP contribution in [0, 0.1) is 12.8 Å². The Hall–Kier alpha value is -2.83. The van der Waals surface area contributed by atoms with Crippen molar-refractivity contribution in [2.45, 2.75) is 85.5 Å². The predicted octanol–water partition coefficient (Wildman–Crippen LogP) is 4.51. The van der Waals surface area contributed by atoms with Crippen molar-refractivity contribution in [1.29, 1.82) is 0 Å². The summed E-state index contributed by atoms with van der Waals surface area (Å²) in [7, 11) is 0. The second kappa shape index (κ2) is 12.4. The minimum Gasteiger partial charge on any atom is -0.444 e. The van der Waals surface area contributed by atoms with Crippen LogP contribution in [0.25, 0.3) is 0 Å². The van der Waals surface area contributed by atoms with Gasteiger partial charge in [0.15, 0.2) is 0 Å². The molecule has 3 amide bonds. The van der Waals surface area contributed by atoms with E-state index in [1.807, 2.05) is 58.9 Å². The third kappa shape index (κ3) is 8.56. The minimum atomic E-state index is -0.869. The summed E-state index contributed by atoms with van der Waals surface area (Å²) in [6.07, 6.45) is 1.58. The fourth-order valence-corrected chi connectivity index (χ4v) is 3.47. The molecule has 0 fully saturated rings. The number of rotatable bonds is 10. The lowest BCUT2D eigenvalue weighted by molar-refractivity contribution is -0.143. The number of carbonyl (C=O) groups excluding carboxylic acids is 3. The fraction of sp³-hybridized carbons (Fsp3) is 0.577. The highest BCUT2D eigenvalue weighted by Crippen LogP contribution is 2.27. The molecule has 1 aromatic rings. The van der Waals surface area contributed by atoms with E-state index in [2.05, 4.69) is 17.2 Å². The number of nitrogens with one attached hydrogen (secondary N) is 2. The Labute approximate surface area is 198 Å². The van der Waals surface area contributed by atoms with Crippen molar-refractivity contribution in [1.82, 2.24) is 15.5 Å². The molecule has 0 saturated heterocycles. The first-order valence-electron chi connectivity index (χ1n) is 11.6. The molecule has 0 bridgehead atoms. The normalized spacial score (nSPS) is 14.1. The molecule has 0 heterocycles. The minimum absolute atomic E-state index is 0.102. The highest BCUT2D eigenvalue weighted by Gasteiger charge is 2.38. The van der Waals surface area contributed by atoms with Gasteiger partial charge in [-0.05, 0) is 58.6 Å². The monoisotopic (exact) mass is 459 g/mol. The molecule has 7 nitrogen and oxygen atoms in total. The molecule has 33 heavy (non-hydrogen) atoms. The van der Waals surface area contributed by atoms with Gasteiger partial charge in [-0.1, -0.05) is 50.6 Å². The van der Waals surface area contributed by atoms with Crippen LogP contribution in [0.4, 0.5) is 4.79 Å². The molecule has 3 unspecified atom stereocenters. The van der Waals surface area contributed by atoms with Crippen LogP contribution in [-0.2, 0) is 14.3 Å². The Kier molecular flexibility index (Phi) is 10.6. The number of aryl methyl sites for hydroxylation is 1. The third-order valence-corrected chi connectivity index (χ3v) is 5.23. The smallest absolute Gasteiger partial charge is 0.408 e. The van der Waals surface area contributed by atoms with E-state index in [0.717, 1.165) is 11.1 Å². The first kappa shape index (κ1) is 28.2. The van der Waals surface area contributed by atoms with Crippen molar-refractivity contribution < 1.29 is 19.1 Å². The first-order chi connectivity index (χ1) is 15.3. The molecule has 1 aromatic carbocycles. The summed E-state index contributed by atoms with van der Waals surface area (Å²) < 4.78 is 5.40. The van der Waals surface area contributed by atoms with Crippen LogP contribution in [0.5, 0.6) is 0 Å². The number of amides is 3. The Morgan fingerprint density at radius 3 is 2.21 bits per heavy atom. The second-order valence-corrected chi connectivity index (χ2v) is 9.71. The van der Waals surface area contributed by atoms with Crippen molar-refractivity contribution in [2.75, 3.05) is 6.54 Å². The van der Waals surface area contributed by atoms with E-state index in [1.54, 1.807) is 26.8 Å². The standard InChI is InChI=1S/C26H41N3O4/c1-10-16-29(22(23(30)27-17(3)4)20-15-13-12-14-19(20)6)24(31)21(18(5)11-2)28-25(32)33-26(7,8)9/h10,12-15,17-18,21-22H,1,11,16H2,2-9H3,(H,27,30)(H,28,32). The summed E-state index contributed by atoms with van der Waals surface area (Å²) in [5.74, 6) is -0.819. The largest absolute Gasteiger partial charge is 0.444 e. The zero-order chi connectivity index (χ0) is 25.3. The maximum atomic E-state index is 13.9. The summed E-state index contributed by atoms with van der Waals surface area (Å²) >= 11 is 0. The van der Waals surface area contributed by atoms with Crippen molar-refractivity contribution >= 4 is 17.9 Å². The topological polar surface area (TPSA) is 87.7 Å². The molecule has 0 spiro atoms. The van der Waals surface area contributed by atoms with Gasteiger partial charge < -0.3 is 20.3 Å². The number of alkyl carbamates (subject to hydrolysis) is 1. The maximum Gasteiger partial charge on any atom is 0.408 e. The third-order valence-electron chi connectivity index (χ3n) is 5.23. The molecule has 0 aliphatic heterocycles. The zero-order valence-corrected chi connectivity index (χ0v) is 21.4. The van der Waals surface area contributed by atoms with Gasteiger partial charge in [-0.25, -0.2) is 4.79 Å². The number of hydrogen-bond donors (Lipinski definition) is 2. The summed E-state index contributed by atoms with van der Waals surface area (Å²) in [6, 6.07) is 5.67. The number of hydrogen-bond acceptors (Lipinski definition) is 4. The summed E-state index contributed by atoms with van der Waals surface area (Å²) in [5.41, 5.74) is 0.920. The van der Waals surface area contributed by atoms with E-state index in [4.69, 9.17) is 4.74 Å². The zero-order valence-electron chi connectivity index (χ0n) is 21.4. The maximum absolute atomic E-state index is 13.9. The van der Waals surface area contributed by atoms with Crippen molar-refractivity contribution in [3.8, 4) is 0 Å². The number of benzene rings is 1. The van der Waals surface area contributed by atoms with Gasteiger partial charge in [-0.2, -0.15) is 0 Å². The molecule has 0 aliphatic rings. The van der Waals surface area contributed by atoms with E-state index in [9.17, 15) is 14.4 Å². The van der Waals surface area contributed by atoms with Gasteiger partial charge in [-0.15, -0.1) is 6.58 Å². The molecule has 2 N–H and O–H groups in total. The van der Waals surface area contributed by atoms with Crippen molar-refractivity contribution in [2.24, 2.45) is 5.92 Å². The van der Waals surface area contributed by atoms with Crippen molar-refractivity contribution in [3.05, 3.63) is 48.0 Å². The van der Waals surface area contributed by atoms with Gasteiger partial charge >= 0.3 is 6.09 Å². The quantitative estimate of drug-likeness (QED) is 0.504. The molecule has 1 rings (SSSR count).